The van der Waals surface area contributed by atoms with E-state index in [1.54, 1.807) is 0 Å². The van der Waals surface area contributed by atoms with E-state index in [4.69, 9.17) is 26.2 Å². The standard InChI is InChI=1S/C5H9NO5/c1-2-3(4(6,7)8)5(9,10)11-3/h2,7-10H,1,6H2. The summed E-state index contributed by atoms with van der Waals surface area (Å²) in [6.45, 7) is 3.11. The molecule has 0 amide bonds. The average molecular weight is 163 g/mol. The van der Waals surface area contributed by atoms with Crippen LogP contribution in [-0.4, -0.2) is 37.9 Å². The summed E-state index contributed by atoms with van der Waals surface area (Å²) in [6, 6.07) is 0. The Morgan fingerprint density at radius 1 is 1.45 bits per heavy atom. The SMILES string of the molecule is C=CC1(C(N)(O)O)OC1(O)O. The maximum absolute atomic E-state index is 8.76. The van der Waals surface area contributed by atoms with Gasteiger partial charge in [0.1, 0.15) is 0 Å². The van der Waals surface area contributed by atoms with Crippen LogP contribution in [0.3, 0.4) is 0 Å². The second-order valence-corrected chi connectivity index (χ2v) is 2.38. The molecule has 1 heterocycles. The molecule has 0 saturated carbocycles. The number of aliphatic hydroxyl groups is 4. The second-order valence-electron chi connectivity index (χ2n) is 2.38. The molecule has 6 N–H and O–H groups in total. The highest BCUT2D eigenvalue weighted by Crippen LogP contribution is 2.49. The van der Waals surface area contributed by atoms with Crippen LogP contribution in [0.4, 0.5) is 0 Å². The first-order valence-electron chi connectivity index (χ1n) is 2.79. The van der Waals surface area contributed by atoms with Crippen molar-refractivity contribution in [3.8, 4) is 0 Å². The largest absolute Gasteiger partial charge is 0.351 e. The molecule has 64 valence electrons. The summed E-state index contributed by atoms with van der Waals surface area (Å²) in [7, 11) is 0. The average Bonchev–Trinajstić information content (AvgIpc) is 2.33. The molecule has 1 atom stereocenters. The van der Waals surface area contributed by atoms with Gasteiger partial charge in [-0.3, -0.25) is 10.5 Å². The van der Waals surface area contributed by atoms with Crippen LogP contribution in [0.15, 0.2) is 12.7 Å². The van der Waals surface area contributed by atoms with E-state index >= 15 is 0 Å². The molecule has 6 nitrogen and oxygen atoms in total. The Bertz CT molecular complexity index is 196. The monoisotopic (exact) mass is 163 g/mol. The Balaban J connectivity index is 2.93. The van der Waals surface area contributed by atoms with Crippen molar-refractivity contribution in [1.82, 2.24) is 0 Å². The van der Waals surface area contributed by atoms with Gasteiger partial charge in [-0.25, -0.2) is 0 Å². The molecule has 1 saturated heterocycles. The highest BCUT2D eigenvalue weighted by Gasteiger charge is 2.78. The minimum atomic E-state index is -2.85. The van der Waals surface area contributed by atoms with E-state index in [0.29, 0.717) is 0 Å². The van der Waals surface area contributed by atoms with Crippen LogP contribution >= 0.6 is 0 Å². The lowest BCUT2D eigenvalue weighted by atomic mass is 10.1. The van der Waals surface area contributed by atoms with E-state index in [-0.39, 0.29) is 0 Å². The molecule has 0 bridgehead atoms. The Morgan fingerprint density at radius 3 is 1.82 bits per heavy atom. The maximum Gasteiger partial charge on any atom is 0.321 e. The lowest BCUT2D eigenvalue weighted by Crippen LogP contribution is -2.56. The number of hydrogen-bond acceptors (Lipinski definition) is 6. The van der Waals surface area contributed by atoms with Crippen LogP contribution < -0.4 is 5.73 Å². The molecule has 0 aromatic carbocycles. The molecule has 1 unspecified atom stereocenters. The fourth-order valence-electron chi connectivity index (χ4n) is 0.839. The minimum Gasteiger partial charge on any atom is -0.351 e. The predicted octanol–water partition coefficient (Wildman–Crippen LogP) is -2.82. The number of ether oxygens (including phenoxy) is 1. The van der Waals surface area contributed by atoms with Crippen molar-refractivity contribution in [2.75, 3.05) is 0 Å². The normalized spacial score (nSPS) is 35.0. The summed E-state index contributed by atoms with van der Waals surface area (Å²) in [4.78, 5) is 0. The molecular weight excluding hydrogens is 154 g/mol. The zero-order chi connectivity index (χ0) is 8.91. The Labute approximate surface area is 62.1 Å². The van der Waals surface area contributed by atoms with Gasteiger partial charge < -0.3 is 20.4 Å². The predicted molar refractivity (Wildman–Crippen MR) is 32.5 cm³/mol. The van der Waals surface area contributed by atoms with Crippen LogP contribution in [0.2, 0.25) is 0 Å². The smallest absolute Gasteiger partial charge is 0.321 e. The van der Waals surface area contributed by atoms with Crippen LogP contribution in [0, 0.1) is 0 Å². The molecular formula is C5H9NO5. The third-order valence-corrected chi connectivity index (χ3v) is 1.58. The van der Waals surface area contributed by atoms with Crippen molar-refractivity contribution in [3.63, 3.8) is 0 Å². The van der Waals surface area contributed by atoms with E-state index < -0.39 is 17.5 Å². The summed E-state index contributed by atoms with van der Waals surface area (Å²) in [5, 5.41) is 35.0. The van der Waals surface area contributed by atoms with Gasteiger partial charge in [-0.2, -0.15) is 0 Å². The van der Waals surface area contributed by atoms with Crippen LogP contribution in [0.25, 0.3) is 0 Å². The van der Waals surface area contributed by atoms with Crippen LogP contribution in [0.1, 0.15) is 0 Å². The van der Waals surface area contributed by atoms with Crippen LogP contribution in [0.5, 0.6) is 0 Å². The fourth-order valence-corrected chi connectivity index (χ4v) is 0.839. The highest BCUT2D eigenvalue weighted by atomic mass is 16.9. The van der Waals surface area contributed by atoms with Gasteiger partial charge in [-0.1, -0.05) is 6.58 Å². The molecule has 11 heavy (non-hydrogen) atoms. The highest BCUT2D eigenvalue weighted by molar-refractivity contribution is 5.19. The minimum absolute atomic E-state index is 0.812. The first-order valence-corrected chi connectivity index (χ1v) is 2.79. The molecule has 1 aliphatic rings. The van der Waals surface area contributed by atoms with E-state index in [9.17, 15) is 0 Å². The molecule has 1 rings (SSSR count). The Kier molecular flexibility index (Phi) is 1.41. The number of rotatable bonds is 2. The summed E-state index contributed by atoms with van der Waals surface area (Å²) >= 11 is 0. The van der Waals surface area contributed by atoms with Gasteiger partial charge in [0.25, 0.3) is 5.91 Å². The topological polar surface area (TPSA) is 119 Å². The first-order chi connectivity index (χ1) is 4.77. The van der Waals surface area contributed by atoms with E-state index in [1.165, 1.54) is 0 Å². The van der Waals surface area contributed by atoms with Gasteiger partial charge >= 0.3 is 5.97 Å². The Morgan fingerprint density at radius 2 is 1.82 bits per heavy atom. The van der Waals surface area contributed by atoms with Crippen LogP contribution in [-0.2, 0) is 4.74 Å². The van der Waals surface area contributed by atoms with Crippen molar-refractivity contribution in [2.45, 2.75) is 17.5 Å². The summed E-state index contributed by atoms with van der Waals surface area (Å²) in [6.07, 6.45) is 0.812. The van der Waals surface area contributed by atoms with Crippen molar-refractivity contribution in [2.24, 2.45) is 5.73 Å². The van der Waals surface area contributed by atoms with Crippen molar-refractivity contribution in [1.29, 1.82) is 0 Å². The number of epoxide rings is 1. The van der Waals surface area contributed by atoms with Crippen molar-refractivity contribution >= 4 is 0 Å². The lowest BCUT2D eigenvalue weighted by molar-refractivity contribution is -0.207. The van der Waals surface area contributed by atoms with Gasteiger partial charge in [0, 0.05) is 0 Å². The van der Waals surface area contributed by atoms with Gasteiger partial charge in [-0.15, -0.1) is 0 Å². The number of nitrogens with two attached hydrogens (primary N) is 1. The molecule has 0 aromatic heterocycles. The summed E-state index contributed by atoms with van der Waals surface area (Å²) in [5.74, 6) is -5.49. The Hall–Kier alpha value is -0.500. The first kappa shape index (κ1) is 8.60. The van der Waals surface area contributed by atoms with Gasteiger partial charge in [0.05, 0.1) is 0 Å². The molecule has 0 spiro atoms. The second kappa shape index (κ2) is 1.81. The molecule has 0 aliphatic carbocycles. The summed E-state index contributed by atoms with van der Waals surface area (Å²) in [5.41, 5.74) is 2.65. The summed E-state index contributed by atoms with van der Waals surface area (Å²) < 4.78 is 4.17. The molecule has 6 heteroatoms. The molecule has 1 aliphatic heterocycles. The van der Waals surface area contributed by atoms with Gasteiger partial charge in [0.15, 0.2) is 0 Å². The quantitative estimate of drug-likeness (QED) is 0.170. The molecule has 1 fully saturated rings. The van der Waals surface area contributed by atoms with E-state index in [1.807, 2.05) is 0 Å². The van der Waals surface area contributed by atoms with Gasteiger partial charge in [0.2, 0.25) is 5.60 Å². The van der Waals surface area contributed by atoms with E-state index in [0.717, 1.165) is 6.08 Å². The maximum atomic E-state index is 8.76. The fraction of sp³-hybridized carbons (Fsp3) is 0.600. The third-order valence-electron chi connectivity index (χ3n) is 1.58. The zero-order valence-corrected chi connectivity index (χ0v) is 5.56. The molecule has 0 aromatic rings. The van der Waals surface area contributed by atoms with Crippen molar-refractivity contribution < 1.29 is 25.2 Å². The van der Waals surface area contributed by atoms with Gasteiger partial charge in [-0.05, 0) is 6.08 Å². The zero-order valence-electron chi connectivity index (χ0n) is 5.56. The van der Waals surface area contributed by atoms with Crippen molar-refractivity contribution in [3.05, 3.63) is 12.7 Å². The van der Waals surface area contributed by atoms with E-state index in [2.05, 4.69) is 11.3 Å². The molecule has 0 radical (unpaired) electrons. The number of hydrogen-bond donors (Lipinski definition) is 5. The lowest BCUT2D eigenvalue weighted by Gasteiger charge is -2.20. The third kappa shape index (κ3) is 0.890.